The molecular weight excluding hydrogens is 438 g/mol. The second kappa shape index (κ2) is 8.76. The first-order chi connectivity index (χ1) is 16.0. The summed E-state index contributed by atoms with van der Waals surface area (Å²) >= 11 is 1.23. The van der Waals surface area contributed by atoms with Crippen molar-refractivity contribution >= 4 is 33.1 Å². The number of amides is 1. The van der Waals surface area contributed by atoms with Gasteiger partial charge in [0.25, 0.3) is 11.5 Å². The van der Waals surface area contributed by atoms with Crippen LogP contribution in [0, 0.1) is 6.92 Å². The molecule has 0 unspecified atom stereocenters. The van der Waals surface area contributed by atoms with Gasteiger partial charge < -0.3 is 19.9 Å². The number of aromatic amines is 1. The Morgan fingerprint density at radius 1 is 1.18 bits per heavy atom. The Bertz CT molecular complexity index is 1370. The van der Waals surface area contributed by atoms with E-state index >= 15 is 0 Å². The first-order valence-corrected chi connectivity index (χ1v) is 11.6. The monoisotopic (exact) mass is 461 g/mol. The molecular formula is C24H23N5O3S. The Balaban J connectivity index is 1.39. The van der Waals surface area contributed by atoms with Gasteiger partial charge in [0.15, 0.2) is 5.82 Å². The Kier molecular flexibility index (Phi) is 5.65. The van der Waals surface area contributed by atoms with E-state index in [0.717, 1.165) is 16.8 Å². The molecule has 4 heterocycles. The maximum atomic E-state index is 13.4. The standard InChI is InChI=1S/C24H23N5O3S/c1-15-5-6-19(16(12-15)13-30)28-8-10-29(11-9-28)24(32)17-14-33-21-20(17)26-22(27-23(21)31)18-4-2-3-7-25-18/h2-7,12,14,30H,8-11,13H2,1H3,(H,26,27,31). The van der Waals surface area contributed by atoms with Gasteiger partial charge in [-0.1, -0.05) is 23.8 Å². The summed E-state index contributed by atoms with van der Waals surface area (Å²) < 4.78 is 0.434. The van der Waals surface area contributed by atoms with Crippen LogP contribution in [0.4, 0.5) is 5.69 Å². The number of hydrogen-bond donors (Lipinski definition) is 2. The number of aliphatic hydroxyl groups is 1. The van der Waals surface area contributed by atoms with Crippen LogP contribution in [0.2, 0.25) is 0 Å². The van der Waals surface area contributed by atoms with Crippen molar-refractivity contribution < 1.29 is 9.90 Å². The summed E-state index contributed by atoms with van der Waals surface area (Å²) in [4.78, 5) is 41.6. The van der Waals surface area contributed by atoms with Crippen LogP contribution in [-0.2, 0) is 6.61 Å². The topological polar surface area (TPSA) is 102 Å². The molecule has 8 nitrogen and oxygen atoms in total. The minimum absolute atomic E-state index is 0.0180. The Morgan fingerprint density at radius 2 is 2.00 bits per heavy atom. The van der Waals surface area contributed by atoms with Crippen LogP contribution in [0.5, 0.6) is 0 Å². The molecule has 1 aliphatic rings. The fraction of sp³-hybridized carbons (Fsp3) is 0.250. The van der Waals surface area contributed by atoms with Crippen LogP contribution in [0.1, 0.15) is 21.5 Å². The number of piperazine rings is 1. The molecule has 1 aliphatic heterocycles. The maximum Gasteiger partial charge on any atom is 0.269 e. The van der Waals surface area contributed by atoms with E-state index in [1.165, 1.54) is 11.3 Å². The van der Waals surface area contributed by atoms with Crippen molar-refractivity contribution in [2.75, 3.05) is 31.1 Å². The van der Waals surface area contributed by atoms with Crippen LogP contribution in [0.15, 0.2) is 52.8 Å². The van der Waals surface area contributed by atoms with Gasteiger partial charge in [0.05, 0.1) is 12.2 Å². The lowest BCUT2D eigenvalue weighted by Crippen LogP contribution is -2.49. The molecule has 0 aliphatic carbocycles. The first-order valence-electron chi connectivity index (χ1n) is 10.7. The van der Waals surface area contributed by atoms with Crippen molar-refractivity contribution in [3.8, 4) is 11.5 Å². The molecule has 1 amide bonds. The average Bonchev–Trinajstić information content (AvgIpc) is 3.29. The average molecular weight is 462 g/mol. The van der Waals surface area contributed by atoms with Crippen molar-refractivity contribution in [3.63, 3.8) is 0 Å². The van der Waals surface area contributed by atoms with Crippen molar-refractivity contribution in [1.29, 1.82) is 0 Å². The van der Waals surface area contributed by atoms with Gasteiger partial charge in [-0.05, 0) is 25.1 Å². The minimum Gasteiger partial charge on any atom is -0.392 e. The summed E-state index contributed by atoms with van der Waals surface area (Å²) in [5.41, 5.74) is 4.14. The van der Waals surface area contributed by atoms with Crippen LogP contribution in [-0.4, -0.2) is 57.0 Å². The number of thiophene rings is 1. The molecule has 1 saturated heterocycles. The van der Waals surface area contributed by atoms with Crippen molar-refractivity contribution in [2.24, 2.45) is 0 Å². The number of anilines is 1. The third kappa shape index (κ3) is 4.01. The Morgan fingerprint density at radius 3 is 2.73 bits per heavy atom. The number of fused-ring (bicyclic) bond motifs is 1. The summed E-state index contributed by atoms with van der Waals surface area (Å²) in [7, 11) is 0. The number of nitrogens with one attached hydrogen (secondary N) is 1. The number of nitrogens with zero attached hydrogens (tertiary/aromatic N) is 4. The molecule has 5 rings (SSSR count). The van der Waals surface area contributed by atoms with Crippen LogP contribution in [0.25, 0.3) is 21.7 Å². The highest BCUT2D eigenvalue weighted by Gasteiger charge is 2.26. The zero-order valence-corrected chi connectivity index (χ0v) is 18.9. The van der Waals surface area contributed by atoms with Gasteiger partial charge in [0.2, 0.25) is 0 Å². The van der Waals surface area contributed by atoms with Gasteiger partial charge in [-0.2, -0.15) is 0 Å². The zero-order chi connectivity index (χ0) is 22.9. The van der Waals surface area contributed by atoms with Gasteiger partial charge in [-0.3, -0.25) is 14.6 Å². The number of rotatable bonds is 4. The van der Waals surface area contributed by atoms with Crippen LogP contribution >= 0.6 is 11.3 Å². The van der Waals surface area contributed by atoms with Crippen molar-refractivity contribution in [3.05, 3.63) is 75.0 Å². The zero-order valence-electron chi connectivity index (χ0n) is 18.1. The number of H-pyrrole nitrogens is 1. The third-order valence-electron chi connectivity index (χ3n) is 5.88. The molecule has 1 fully saturated rings. The predicted octanol–water partition coefficient (Wildman–Crippen LogP) is 2.81. The molecule has 0 radical (unpaired) electrons. The molecule has 0 spiro atoms. The van der Waals surface area contributed by atoms with Crippen molar-refractivity contribution in [2.45, 2.75) is 13.5 Å². The van der Waals surface area contributed by atoms with E-state index < -0.39 is 0 Å². The fourth-order valence-electron chi connectivity index (χ4n) is 4.17. The quantitative estimate of drug-likeness (QED) is 0.485. The molecule has 9 heteroatoms. The van der Waals surface area contributed by atoms with Gasteiger partial charge in [0, 0.05) is 49.0 Å². The van der Waals surface area contributed by atoms with Crippen molar-refractivity contribution in [1.82, 2.24) is 19.9 Å². The number of hydrogen-bond acceptors (Lipinski definition) is 7. The third-order valence-corrected chi connectivity index (χ3v) is 6.85. The van der Waals surface area contributed by atoms with E-state index in [-0.39, 0.29) is 18.1 Å². The number of pyridine rings is 1. The minimum atomic E-state index is -0.273. The summed E-state index contributed by atoms with van der Waals surface area (Å²) in [5.74, 6) is 0.221. The van der Waals surface area contributed by atoms with Gasteiger partial charge in [0.1, 0.15) is 15.9 Å². The largest absolute Gasteiger partial charge is 0.392 e. The van der Waals surface area contributed by atoms with E-state index in [4.69, 9.17) is 0 Å². The Labute approximate surface area is 194 Å². The van der Waals surface area contributed by atoms with Crippen LogP contribution < -0.4 is 10.5 Å². The summed E-state index contributed by atoms with van der Waals surface area (Å²) in [6.45, 7) is 4.41. The van der Waals surface area contributed by atoms with Gasteiger partial charge >= 0.3 is 0 Å². The molecule has 0 saturated carbocycles. The second-order valence-corrected chi connectivity index (χ2v) is 8.91. The molecule has 3 aromatic heterocycles. The molecule has 1 aromatic carbocycles. The molecule has 168 valence electrons. The number of carbonyl (C=O) groups is 1. The smallest absolute Gasteiger partial charge is 0.269 e. The Hall–Kier alpha value is -3.56. The van der Waals surface area contributed by atoms with Crippen LogP contribution in [0.3, 0.4) is 0 Å². The molecule has 0 atom stereocenters. The number of aryl methyl sites for hydroxylation is 1. The summed E-state index contributed by atoms with van der Waals surface area (Å²) in [6, 6.07) is 11.4. The van der Waals surface area contributed by atoms with E-state index in [1.54, 1.807) is 28.6 Å². The van der Waals surface area contributed by atoms with E-state index in [9.17, 15) is 14.7 Å². The summed E-state index contributed by atoms with van der Waals surface area (Å²) in [5, 5.41) is 11.5. The van der Waals surface area contributed by atoms with E-state index in [1.807, 2.05) is 31.2 Å². The normalized spacial score (nSPS) is 14.1. The predicted molar refractivity (Wildman–Crippen MR) is 129 cm³/mol. The number of aromatic nitrogens is 3. The highest BCUT2D eigenvalue weighted by atomic mass is 32.1. The summed E-state index contributed by atoms with van der Waals surface area (Å²) in [6.07, 6.45) is 1.63. The first kappa shape index (κ1) is 21.3. The lowest BCUT2D eigenvalue weighted by atomic mass is 10.1. The SMILES string of the molecule is Cc1ccc(N2CCN(C(=O)c3csc4c(=O)[nH]c(-c5ccccn5)nc34)CC2)c(CO)c1. The van der Waals surface area contributed by atoms with Gasteiger partial charge in [-0.15, -0.1) is 11.3 Å². The molecule has 2 N–H and O–H groups in total. The lowest BCUT2D eigenvalue weighted by Gasteiger charge is -2.37. The highest BCUT2D eigenvalue weighted by Crippen LogP contribution is 2.27. The molecule has 33 heavy (non-hydrogen) atoms. The van der Waals surface area contributed by atoms with E-state index in [2.05, 4.69) is 19.9 Å². The molecule has 0 bridgehead atoms. The number of aliphatic hydroxyl groups excluding tert-OH is 1. The highest BCUT2D eigenvalue weighted by molar-refractivity contribution is 7.17. The molecule has 4 aromatic rings. The number of carbonyl (C=O) groups excluding carboxylic acids is 1. The maximum absolute atomic E-state index is 13.4. The number of benzene rings is 1. The lowest BCUT2D eigenvalue weighted by molar-refractivity contribution is 0.0749. The van der Waals surface area contributed by atoms with E-state index in [0.29, 0.717) is 53.5 Å². The van der Waals surface area contributed by atoms with Gasteiger partial charge in [-0.25, -0.2) is 4.98 Å². The fourth-order valence-corrected chi connectivity index (χ4v) is 5.05. The second-order valence-electron chi connectivity index (χ2n) is 8.03.